The van der Waals surface area contributed by atoms with E-state index in [1.54, 1.807) is 22.8 Å². The number of halogens is 4. The number of nitrogens with zero attached hydrogens (tertiary/aromatic N) is 4. The van der Waals surface area contributed by atoms with E-state index in [0.29, 0.717) is 51.2 Å². The number of amides is 1. The summed E-state index contributed by atoms with van der Waals surface area (Å²) in [5.41, 5.74) is 4.07. The van der Waals surface area contributed by atoms with E-state index in [2.05, 4.69) is 15.1 Å². The summed E-state index contributed by atoms with van der Waals surface area (Å²) >= 11 is 6.38. The number of sulfonamides is 1. The van der Waals surface area contributed by atoms with Crippen molar-refractivity contribution in [3.63, 3.8) is 0 Å². The van der Waals surface area contributed by atoms with Gasteiger partial charge >= 0.3 is 12.1 Å². The maximum atomic E-state index is 12.9. The van der Waals surface area contributed by atoms with Crippen molar-refractivity contribution in [1.82, 2.24) is 24.2 Å². The maximum Gasteiger partial charge on any atom is 0.471 e. The molecule has 0 radical (unpaired) electrons. The lowest BCUT2D eigenvalue weighted by Gasteiger charge is -2.29. The Morgan fingerprint density at radius 2 is 1.88 bits per heavy atom. The molecule has 41 heavy (non-hydrogen) atoms. The SMILES string of the molecule is Bc1cnn2c(NCCCNS(=O)(=O)c3ccc4c(c3)CN(C(=O)C(F)(F)F)CC4)cc(-c3ccccc3Cl)nc12. The van der Waals surface area contributed by atoms with Gasteiger partial charge in [-0.05, 0) is 47.6 Å². The summed E-state index contributed by atoms with van der Waals surface area (Å²) in [4.78, 5) is 17.0. The molecule has 15 heteroatoms. The van der Waals surface area contributed by atoms with Crippen molar-refractivity contribution in [3.05, 3.63) is 70.9 Å². The molecule has 214 valence electrons. The Morgan fingerprint density at radius 3 is 2.63 bits per heavy atom. The van der Waals surface area contributed by atoms with Crippen LogP contribution >= 0.6 is 11.6 Å². The number of nitrogens with one attached hydrogen (secondary N) is 2. The summed E-state index contributed by atoms with van der Waals surface area (Å²) in [5.74, 6) is -1.27. The van der Waals surface area contributed by atoms with E-state index in [1.807, 2.05) is 32.1 Å². The number of hydrogen-bond acceptors (Lipinski definition) is 6. The molecule has 1 aliphatic heterocycles. The zero-order valence-corrected chi connectivity index (χ0v) is 23.4. The van der Waals surface area contributed by atoms with Gasteiger partial charge in [-0.3, -0.25) is 4.79 Å². The average Bonchev–Trinajstić information content (AvgIpc) is 3.32. The van der Waals surface area contributed by atoms with Crippen LogP contribution in [0.25, 0.3) is 16.9 Å². The molecule has 1 amide bonds. The maximum absolute atomic E-state index is 12.9. The number of hydrogen-bond donors (Lipinski definition) is 2. The van der Waals surface area contributed by atoms with Crippen molar-refractivity contribution in [2.75, 3.05) is 25.0 Å². The van der Waals surface area contributed by atoms with Gasteiger partial charge in [0, 0.05) is 49.0 Å². The minimum absolute atomic E-state index is 0.0715. The normalized spacial score (nSPS) is 13.8. The number of carbonyl (C=O) groups excluding carboxylic acids is 1. The first-order chi connectivity index (χ1) is 19.4. The van der Waals surface area contributed by atoms with Crippen molar-refractivity contribution in [1.29, 1.82) is 0 Å². The Kier molecular flexibility index (Phi) is 7.99. The monoisotopic (exact) mass is 604 g/mol. The minimum Gasteiger partial charge on any atom is -0.370 e. The summed E-state index contributed by atoms with van der Waals surface area (Å²) in [5, 5.41) is 8.22. The second-order valence-corrected chi connectivity index (χ2v) is 11.8. The molecule has 0 saturated heterocycles. The fourth-order valence-corrected chi connectivity index (χ4v) is 6.01. The lowest BCUT2D eigenvalue weighted by Crippen LogP contribution is -2.43. The molecule has 0 fully saturated rings. The first-order valence-corrected chi connectivity index (χ1v) is 14.6. The largest absolute Gasteiger partial charge is 0.471 e. The highest BCUT2D eigenvalue weighted by Crippen LogP contribution is 2.29. The van der Waals surface area contributed by atoms with Gasteiger partial charge in [-0.15, -0.1) is 0 Å². The highest BCUT2D eigenvalue weighted by molar-refractivity contribution is 7.89. The molecule has 2 aromatic carbocycles. The quantitative estimate of drug-likeness (QED) is 0.236. The van der Waals surface area contributed by atoms with E-state index < -0.39 is 22.1 Å². The molecular weight excluding hydrogens is 580 g/mol. The van der Waals surface area contributed by atoms with Gasteiger partial charge < -0.3 is 10.2 Å². The van der Waals surface area contributed by atoms with Gasteiger partial charge in [0.25, 0.3) is 0 Å². The number of alkyl halides is 3. The number of anilines is 1. The molecule has 0 aliphatic carbocycles. The van der Waals surface area contributed by atoms with Gasteiger partial charge in [-0.2, -0.15) is 22.8 Å². The topological polar surface area (TPSA) is 109 Å². The summed E-state index contributed by atoms with van der Waals surface area (Å²) in [6.45, 7) is 0.130. The average molecular weight is 605 g/mol. The second kappa shape index (κ2) is 11.3. The zero-order valence-electron chi connectivity index (χ0n) is 21.9. The Bertz CT molecular complexity index is 1730. The summed E-state index contributed by atoms with van der Waals surface area (Å²) < 4.78 is 68.6. The predicted molar refractivity (Wildman–Crippen MR) is 152 cm³/mol. The molecule has 5 rings (SSSR count). The standard InChI is InChI=1S/C26H25BClF3N6O3S/c27-20-14-33-37-23(13-22(35-24(20)37)19-4-1-2-5-21(19)28)32-9-3-10-34-41(39,40)18-7-6-16-8-11-36(15-17(16)12-18)25(38)26(29,30)31/h1-2,4-7,12-14,32,34H,3,8-11,15,27H2. The second-order valence-electron chi connectivity index (χ2n) is 9.65. The van der Waals surface area contributed by atoms with Crippen LogP contribution in [0, 0.1) is 0 Å². The molecule has 2 aromatic heterocycles. The van der Waals surface area contributed by atoms with Crippen LogP contribution < -0.4 is 15.5 Å². The zero-order chi connectivity index (χ0) is 29.4. The lowest BCUT2D eigenvalue weighted by molar-refractivity contribution is -0.186. The molecule has 0 saturated carbocycles. The van der Waals surface area contributed by atoms with Gasteiger partial charge in [0.05, 0.1) is 10.6 Å². The third-order valence-corrected chi connectivity index (χ3v) is 8.57. The number of rotatable bonds is 8. The van der Waals surface area contributed by atoms with E-state index in [4.69, 9.17) is 16.6 Å². The van der Waals surface area contributed by atoms with Gasteiger partial charge in [0.15, 0.2) is 5.65 Å². The first kappa shape index (κ1) is 28.9. The highest BCUT2D eigenvalue weighted by atomic mass is 35.5. The molecule has 0 atom stereocenters. The van der Waals surface area contributed by atoms with E-state index >= 15 is 0 Å². The third-order valence-electron chi connectivity index (χ3n) is 6.78. The number of benzene rings is 2. The van der Waals surface area contributed by atoms with Gasteiger partial charge in [0.1, 0.15) is 13.7 Å². The molecule has 9 nitrogen and oxygen atoms in total. The van der Waals surface area contributed by atoms with Crippen molar-refractivity contribution in [2.45, 2.75) is 30.5 Å². The van der Waals surface area contributed by atoms with Crippen LogP contribution in [0.15, 0.2) is 59.6 Å². The predicted octanol–water partition coefficient (Wildman–Crippen LogP) is 2.54. The fraction of sp³-hybridized carbons (Fsp3) is 0.269. The van der Waals surface area contributed by atoms with Crippen LogP contribution in [-0.4, -0.2) is 67.5 Å². The highest BCUT2D eigenvalue weighted by Gasteiger charge is 2.43. The van der Waals surface area contributed by atoms with Crippen LogP contribution in [0.2, 0.25) is 5.02 Å². The van der Waals surface area contributed by atoms with E-state index in [0.717, 1.165) is 11.0 Å². The van der Waals surface area contributed by atoms with E-state index in [9.17, 15) is 26.4 Å². The molecule has 1 aliphatic rings. The van der Waals surface area contributed by atoms with Gasteiger partial charge in [-0.1, -0.05) is 35.9 Å². The Labute approximate surface area is 240 Å². The number of aromatic nitrogens is 3. The van der Waals surface area contributed by atoms with E-state index in [1.165, 1.54) is 12.1 Å². The van der Waals surface area contributed by atoms with Gasteiger partial charge in [0.2, 0.25) is 10.0 Å². The third kappa shape index (κ3) is 6.19. The Morgan fingerprint density at radius 1 is 1.10 bits per heavy atom. The van der Waals surface area contributed by atoms with Gasteiger partial charge in [-0.25, -0.2) is 18.1 Å². The Hall–Kier alpha value is -3.62. The van der Waals surface area contributed by atoms with E-state index in [-0.39, 0.29) is 31.0 Å². The van der Waals surface area contributed by atoms with Crippen LogP contribution in [0.4, 0.5) is 19.0 Å². The molecule has 4 aromatic rings. The molecule has 3 heterocycles. The van der Waals surface area contributed by atoms with Crippen LogP contribution in [-0.2, 0) is 27.8 Å². The van der Waals surface area contributed by atoms with Crippen LogP contribution in [0.1, 0.15) is 17.5 Å². The summed E-state index contributed by atoms with van der Waals surface area (Å²) in [7, 11) is -2.03. The van der Waals surface area contributed by atoms with Crippen LogP contribution in [0.5, 0.6) is 0 Å². The van der Waals surface area contributed by atoms with Crippen molar-refractivity contribution in [3.8, 4) is 11.3 Å². The van der Waals surface area contributed by atoms with Crippen LogP contribution in [0.3, 0.4) is 0 Å². The molecule has 0 unspecified atom stereocenters. The first-order valence-electron chi connectivity index (χ1n) is 12.8. The Balaban J connectivity index is 1.23. The fourth-order valence-electron chi connectivity index (χ4n) is 4.65. The summed E-state index contributed by atoms with van der Waals surface area (Å²) in [6, 6.07) is 13.5. The smallest absolute Gasteiger partial charge is 0.370 e. The molecule has 0 spiro atoms. The van der Waals surface area contributed by atoms with Crippen molar-refractivity contribution < 1.29 is 26.4 Å². The van der Waals surface area contributed by atoms with Crippen molar-refractivity contribution in [2.24, 2.45) is 0 Å². The molecular formula is C26H25BClF3N6O3S. The summed E-state index contributed by atoms with van der Waals surface area (Å²) in [6.07, 6.45) is -2.64. The number of carbonyl (C=O) groups is 1. The number of fused-ring (bicyclic) bond motifs is 2. The molecule has 2 N–H and O–H groups in total. The van der Waals surface area contributed by atoms with Crippen molar-refractivity contribution >= 4 is 52.3 Å². The minimum atomic E-state index is -4.98. The lowest BCUT2D eigenvalue weighted by atomic mass is 10.00. The molecule has 0 bridgehead atoms.